The lowest BCUT2D eigenvalue weighted by molar-refractivity contribution is -0.131. The van der Waals surface area contributed by atoms with Gasteiger partial charge in [0.1, 0.15) is 35.2 Å². The van der Waals surface area contributed by atoms with Crippen molar-refractivity contribution in [2.24, 2.45) is 5.41 Å². The molecule has 0 radical (unpaired) electrons. The van der Waals surface area contributed by atoms with Gasteiger partial charge in [-0.05, 0) is 98.6 Å². The molecule has 4 aromatic rings. The average molecular weight is 675 g/mol. The van der Waals surface area contributed by atoms with Crippen LogP contribution in [0.1, 0.15) is 38.5 Å². The number of thioether (sulfide) groups is 1. The fourth-order valence-corrected chi connectivity index (χ4v) is 7.06. The third-order valence-electron chi connectivity index (χ3n) is 9.21. The largest absolute Gasteiger partial charge is 0.493 e. The summed E-state index contributed by atoms with van der Waals surface area (Å²) in [4.78, 5) is 30.5. The first-order chi connectivity index (χ1) is 23.3. The molecule has 3 N–H and O–H groups in total. The van der Waals surface area contributed by atoms with Gasteiger partial charge in [-0.15, -0.1) is 0 Å². The second kappa shape index (κ2) is 13.2. The van der Waals surface area contributed by atoms with Gasteiger partial charge in [0, 0.05) is 35.4 Å². The molecule has 12 heteroatoms. The molecule has 3 aliphatic rings. The van der Waals surface area contributed by atoms with Crippen molar-refractivity contribution in [2.45, 2.75) is 50.1 Å². The summed E-state index contributed by atoms with van der Waals surface area (Å²) in [6.45, 7) is 0.539. The zero-order valence-corrected chi connectivity index (χ0v) is 27.3. The first-order valence-electron chi connectivity index (χ1n) is 16.1. The molecule has 2 saturated carbocycles. The summed E-state index contributed by atoms with van der Waals surface area (Å²) in [6, 6.07) is 15.2. The monoisotopic (exact) mass is 674 g/mol. The van der Waals surface area contributed by atoms with Gasteiger partial charge in [0.25, 0.3) is 0 Å². The Labute approximate surface area is 281 Å². The van der Waals surface area contributed by atoms with Gasteiger partial charge in [-0.2, -0.15) is 11.8 Å². The Morgan fingerprint density at radius 2 is 1.65 bits per heavy atom. The van der Waals surface area contributed by atoms with Crippen molar-refractivity contribution in [2.75, 3.05) is 35.9 Å². The average Bonchev–Trinajstić information content (AvgIpc) is 4.03. The van der Waals surface area contributed by atoms with Gasteiger partial charge >= 0.3 is 0 Å². The van der Waals surface area contributed by atoms with E-state index in [-0.39, 0.29) is 17.0 Å². The fraction of sp³-hybridized carbons (Fsp3) is 0.361. The minimum absolute atomic E-state index is 0.00358. The van der Waals surface area contributed by atoms with E-state index >= 15 is 4.39 Å². The summed E-state index contributed by atoms with van der Waals surface area (Å²) in [7, 11) is 1.58. The van der Waals surface area contributed by atoms with Gasteiger partial charge in [0.15, 0.2) is 11.5 Å². The van der Waals surface area contributed by atoms with Crippen LogP contribution in [0.3, 0.4) is 0 Å². The number of halogens is 2. The molecule has 1 saturated heterocycles. The van der Waals surface area contributed by atoms with E-state index in [1.165, 1.54) is 66.8 Å². The number of anilines is 2. The second-order valence-corrected chi connectivity index (χ2v) is 13.9. The maximum atomic E-state index is 15.2. The molecule has 1 aromatic heterocycles. The SMILES string of the molecule is COc1cc2c(Oc3ccc(NC(=O)C4(C(=O)Nc5ccc(F)cc5)CC4)c(F)c3)ccnc2cc1OCC1(NC2CCSCC2)CC1. The Bertz CT molecular complexity index is 1840. The Morgan fingerprint density at radius 1 is 0.896 bits per heavy atom. The maximum Gasteiger partial charge on any atom is 0.240 e. The van der Waals surface area contributed by atoms with Gasteiger partial charge in [-0.3, -0.25) is 14.6 Å². The van der Waals surface area contributed by atoms with Crippen LogP contribution in [0.5, 0.6) is 23.0 Å². The number of nitrogens with one attached hydrogen (secondary N) is 3. The molecule has 250 valence electrons. The van der Waals surface area contributed by atoms with Gasteiger partial charge in [-0.1, -0.05) is 0 Å². The molecule has 3 fully saturated rings. The maximum absolute atomic E-state index is 15.2. The van der Waals surface area contributed by atoms with Gasteiger partial charge < -0.3 is 30.2 Å². The van der Waals surface area contributed by atoms with Crippen molar-refractivity contribution < 1.29 is 32.6 Å². The summed E-state index contributed by atoms with van der Waals surface area (Å²) in [5, 5.41) is 9.67. The van der Waals surface area contributed by atoms with E-state index in [9.17, 15) is 14.0 Å². The smallest absolute Gasteiger partial charge is 0.240 e. The van der Waals surface area contributed by atoms with Crippen LogP contribution in [-0.2, 0) is 9.59 Å². The predicted molar refractivity (Wildman–Crippen MR) is 181 cm³/mol. The summed E-state index contributed by atoms with van der Waals surface area (Å²) in [5.74, 6) is 1.85. The van der Waals surface area contributed by atoms with Crippen LogP contribution < -0.4 is 30.2 Å². The highest BCUT2D eigenvalue weighted by molar-refractivity contribution is 7.99. The van der Waals surface area contributed by atoms with Crippen molar-refractivity contribution in [3.8, 4) is 23.0 Å². The van der Waals surface area contributed by atoms with Crippen LogP contribution in [0.15, 0.2) is 66.9 Å². The molecule has 2 aliphatic carbocycles. The minimum Gasteiger partial charge on any atom is -0.493 e. The summed E-state index contributed by atoms with van der Waals surface area (Å²) < 4.78 is 46.5. The second-order valence-electron chi connectivity index (χ2n) is 12.7. The number of hydrogen-bond acceptors (Lipinski definition) is 8. The van der Waals surface area contributed by atoms with E-state index in [2.05, 4.69) is 20.9 Å². The standard InChI is InChI=1S/C36H36F2N4O5S/c1-45-31-19-26-29(20-32(31)46-21-35(11-12-35)42-24-9-16-48-17-10-24)39-15-8-30(26)47-25-6-7-28(27(38)18-25)41-34(44)36(13-14-36)33(43)40-23-4-2-22(37)3-5-23/h2-8,15,18-20,24,42H,9-14,16-17,21H2,1H3,(H,40,43)(H,41,44). The number of fused-ring (bicyclic) bond motifs is 1. The number of methoxy groups -OCH3 is 1. The van der Waals surface area contributed by atoms with Gasteiger partial charge in [0.2, 0.25) is 11.8 Å². The number of pyridine rings is 1. The molecule has 2 amide bonds. The molecule has 9 nitrogen and oxygen atoms in total. The highest BCUT2D eigenvalue weighted by atomic mass is 32.2. The Morgan fingerprint density at radius 3 is 2.33 bits per heavy atom. The third kappa shape index (κ3) is 6.91. The number of aromatic nitrogens is 1. The molecule has 0 atom stereocenters. The molecule has 1 aliphatic heterocycles. The fourth-order valence-electron chi connectivity index (χ4n) is 5.96. The van der Waals surface area contributed by atoms with Crippen LogP contribution in [0.4, 0.5) is 20.2 Å². The van der Waals surface area contributed by atoms with Crippen molar-refractivity contribution >= 4 is 45.9 Å². The quantitative estimate of drug-likeness (QED) is 0.137. The molecule has 48 heavy (non-hydrogen) atoms. The number of nitrogens with zero attached hydrogens (tertiary/aromatic N) is 1. The number of benzene rings is 3. The topological polar surface area (TPSA) is 111 Å². The molecular weight excluding hydrogens is 638 g/mol. The lowest BCUT2D eigenvalue weighted by Gasteiger charge is -2.28. The highest BCUT2D eigenvalue weighted by Gasteiger charge is 2.56. The molecule has 7 rings (SSSR count). The van der Waals surface area contributed by atoms with Crippen LogP contribution in [-0.4, -0.2) is 53.6 Å². The normalized spacial score (nSPS) is 17.7. The van der Waals surface area contributed by atoms with Crippen molar-refractivity contribution in [1.82, 2.24) is 10.3 Å². The van der Waals surface area contributed by atoms with Crippen LogP contribution in [0, 0.1) is 17.0 Å². The van der Waals surface area contributed by atoms with Gasteiger partial charge in [-0.25, -0.2) is 8.78 Å². The van der Waals surface area contributed by atoms with Crippen molar-refractivity contribution in [3.05, 3.63) is 78.5 Å². The predicted octanol–water partition coefficient (Wildman–Crippen LogP) is 7.07. The molecule has 0 spiro atoms. The third-order valence-corrected chi connectivity index (χ3v) is 10.3. The lowest BCUT2D eigenvalue weighted by Crippen LogP contribution is -2.45. The summed E-state index contributed by atoms with van der Waals surface area (Å²) in [6.07, 6.45) is 6.76. The molecular formula is C36H36F2N4O5S. The number of carbonyl (C=O) groups excluding carboxylic acids is 2. The number of carbonyl (C=O) groups is 2. The number of amides is 2. The molecule has 2 heterocycles. The minimum atomic E-state index is -1.32. The Kier molecular flexibility index (Phi) is 8.86. The van der Waals surface area contributed by atoms with Crippen LogP contribution in [0.25, 0.3) is 10.9 Å². The Balaban J connectivity index is 1.01. The Hall–Kier alpha value is -4.42. The van der Waals surface area contributed by atoms with E-state index in [4.69, 9.17) is 14.2 Å². The van der Waals surface area contributed by atoms with E-state index < -0.39 is 28.9 Å². The molecule has 0 unspecified atom stereocenters. The van der Waals surface area contributed by atoms with E-state index in [1.807, 2.05) is 17.8 Å². The first kappa shape index (κ1) is 32.1. The first-order valence-corrected chi connectivity index (χ1v) is 17.2. The van der Waals surface area contributed by atoms with E-state index in [0.29, 0.717) is 59.3 Å². The highest BCUT2D eigenvalue weighted by Crippen LogP contribution is 2.48. The van der Waals surface area contributed by atoms with E-state index in [1.54, 1.807) is 25.4 Å². The van der Waals surface area contributed by atoms with Crippen molar-refractivity contribution in [3.63, 3.8) is 0 Å². The van der Waals surface area contributed by atoms with E-state index in [0.717, 1.165) is 12.8 Å². The van der Waals surface area contributed by atoms with Gasteiger partial charge in [0.05, 0.1) is 23.9 Å². The van der Waals surface area contributed by atoms with Crippen molar-refractivity contribution in [1.29, 1.82) is 0 Å². The summed E-state index contributed by atoms with van der Waals surface area (Å²) >= 11 is 2.01. The molecule has 3 aromatic carbocycles. The molecule has 0 bridgehead atoms. The lowest BCUT2D eigenvalue weighted by atomic mass is 10.0. The number of rotatable bonds is 12. The number of ether oxygens (including phenoxy) is 3. The zero-order chi connectivity index (χ0) is 33.3. The van der Waals surface area contributed by atoms with Crippen LogP contribution in [0.2, 0.25) is 0 Å². The summed E-state index contributed by atoms with van der Waals surface area (Å²) in [5.41, 5.74) is -0.412. The zero-order valence-electron chi connectivity index (χ0n) is 26.4. The van der Waals surface area contributed by atoms with Crippen LogP contribution >= 0.6 is 11.8 Å². The number of hydrogen-bond donors (Lipinski definition) is 3.